The van der Waals surface area contributed by atoms with Gasteiger partial charge in [0.2, 0.25) is 0 Å². The molecule has 2 aromatic heterocycles. The number of nitrogen functional groups attached to an aromatic ring is 1. The number of fused-ring (bicyclic) bond motifs is 1. The van der Waals surface area contributed by atoms with Gasteiger partial charge >= 0.3 is 0 Å². The van der Waals surface area contributed by atoms with E-state index in [1.54, 1.807) is 30.5 Å². The second kappa shape index (κ2) is 5.19. The maximum Gasteiger partial charge on any atom is 0.268 e. The largest absolute Gasteiger partial charge is 0.396 e. The van der Waals surface area contributed by atoms with Crippen molar-refractivity contribution in [3.05, 3.63) is 47.1 Å². The summed E-state index contributed by atoms with van der Waals surface area (Å²) in [7, 11) is 0. The zero-order chi connectivity index (χ0) is 14.8. The molecule has 0 aliphatic carbocycles. The molecule has 1 amide bonds. The maximum atomic E-state index is 12.3. The fraction of sp³-hybridized carbons (Fsp3) is 0. The van der Waals surface area contributed by atoms with Crippen LogP contribution in [0.3, 0.4) is 0 Å². The number of aromatic nitrogens is 2. The van der Waals surface area contributed by atoms with E-state index in [-0.39, 0.29) is 5.91 Å². The Morgan fingerprint density at radius 3 is 2.90 bits per heavy atom. The van der Waals surface area contributed by atoms with Crippen molar-refractivity contribution in [1.82, 2.24) is 9.97 Å². The Labute approximate surface area is 123 Å². The third-order valence-electron chi connectivity index (χ3n) is 2.82. The van der Waals surface area contributed by atoms with Crippen LogP contribution in [0.5, 0.6) is 0 Å². The van der Waals surface area contributed by atoms with Gasteiger partial charge in [0, 0.05) is 18.1 Å². The van der Waals surface area contributed by atoms with E-state index in [1.165, 1.54) is 17.5 Å². The minimum Gasteiger partial charge on any atom is -0.396 e. The van der Waals surface area contributed by atoms with Crippen molar-refractivity contribution in [2.75, 3.05) is 11.1 Å². The van der Waals surface area contributed by atoms with Crippen LogP contribution in [0.2, 0.25) is 0 Å². The molecule has 0 atom stereocenters. The monoisotopic (exact) mass is 295 g/mol. The Morgan fingerprint density at radius 2 is 2.14 bits per heavy atom. The Bertz CT molecular complexity index is 880. The first kappa shape index (κ1) is 13.0. The van der Waals surface area contributed by atoms with E-state index in [4.69, 9.17) is 11.0 Å². The van der Waals surface area contributed by atoms with Crippen LogP contribution in [0.1, 0.15) is 15.2 Å². The third-order valence-corrected chi connectivity index (χ3v) is 3.92. The van der Waals surface area contributed by atoms with Gasteiger partial charge in [0.25, 0.3) is 5.91 Å². The Hall–Kier alpha value is -2.98. The molecule has 0 saturated carbocycles. The molecule has 7 heteroatoms. The molecule has 3 N–H and O–H groups in total. The van der Waals surface area contributed by atoms with Crippen LogP contribution in [0.4, 0.5) is 11.4 Å². The van der Waals surface area contributed by atoms with E-state index in [0.29, 0.717) is 32.2 Å². The first-order valence-electron chi connectivity index (χ1n) is 5.99. The summed E-state index contributed by atoms with van der Waals surface area (Å²) in [5, 5.41) is 11.6. The van der Waals surface area contributed by atoms with E-state index in [1.807, 2.05) is 6.07 Å². The molecule has 6 nitrogen and oxygen atoms in total. The van der Waals surface area contributed by atoms with Crippen LogP contribution in [0, 0.1) is 11.3 Å². The summed E-state index contributed by atoms with van der Waals surface area (Å²) < 4.78 is 0. The normalized spacial score (nSPS) is 10.2. The zero-order valence-electron chi connectivity index (χ0n) is 10.7. The van der Waals surface area contributed by atoms with Crippen LogP contribution in [0.25, 0.3) is 10.3 Å². The summed E-state index contributed by atoms with van der Waals surface area (Å²) in [6, 6.07) is 8.69. The van der Waals surface area contributed by atoms with Crippen molar-refractivity contribution in [3.8, 4) is 6.07 Å². The van der Waals surface area contributed by atoms with Gasteiger partial charge in [-0.25, -0.2) is 9.97 Å². The summed E-state index contributed by atoms with van der Waals surface area (Å²) >= 11 is 1.19. The SMILES string of the molecule is N#Cc1cccc(NC(=O)c2sc3nccnc3c2N)c1. The number of hydrogen-bond acceptors (Lipinski definition) is 6. The van der Waals surface area contributed by atoms with Gasteiger partial charge in [-0.3, -0.25) is 4.79 Å². The number of nitrogens with zero attached hydrogens (tertiary/aromatic N) is 3. The van der Waals surface area contributed by atoms with Gasteiger partial charge < -0.3 is 11.1 Å². The lowest BCUT2D eigenvalue weighted by Gasteiger charge is -2.04. The van der Waals surface area contributed by atoms with Crippen molar-refractivity contribution in [2.45, 2.75) is 0 Å². The second-order valence-electron chi connectivity index (χ2n) is 4.20. The number of carbonyl (C=O) groups is 1. The van der Waals surface area contributed by atoms with Gasteiger partial charge in [-0.1, -0.05) is 6.07 Å². The molecule has 3 aromatic rings. The molecule has 0 radical (unpaired) electrons. The third kappa shape index (κ3) is 2.40. The highest BCUT2D eigenvalue weighted by Gasteiger charge is 2.18. The fourth-order valence-electron chi connectivity index (χ4n) is 1.87. The number of anilines is 2. The summed E-state index contributed by atoms with van der Waals surface area (Å²) in [4.78, 5) is 21.5. The standard InChI is InChI=1S/C14H9N5OS/c15-7-8-2-1-3-9(6-8)19-13(20)12-10(16)11-14(21-12)18-5-4-17-11/h1-6H,16H2,(H,19,20). The number of amides is 1. The number of nitriles is 1. The molecule has 0 spiro atoms. The van der Waals surface area contributed by atoms with E-state index >= 15 is 0 Å². The van der Waals surface area contributed by atoms with E-state index in [9.17, 15) is 4.79 Å². The van der Waals surface area contributed by atoms with E-state index in [0.717, 1.165) is 0 Å². The minimum atomic E-state index is -0.340. The zero-order valence-corrected chi connectivity index (χ0v) is 11.5. The number of carbonyl (C=O) groups excluding carboxylic acids is 1. The molecule has 1 aromatic carbocycles. The Balaban J connectivity index is 1.94. The van der Waals surface area contributed by atoms with Gasteiger partial charge in [-0.2, -0.15) is 5.26 Å². The van der Waals surface area contributed by atoms with Crippen molar-refractivity contribution in [3.63, 3.8) is 0 Å². The summed E-state index contributed by atoms with van der Waals surface area (Å²) in [5.41, 5.74) is 7.80. The van der Waals surface area contributed by atoms with E-state index in [2.05, 4.69) is 15.3 Å². The van der Waals surface area contributed by atoms with Crippen molar-refractivity contribution >= 4 is 39.0 Å². The lowest BCUT2D eigenvalue weighted by atomic mass is 10.2. The van der Waals surface area contributed by atoms with Gasteiger partial charge in [0.15, 0.2) is 0 Å². The predicted octanol–water partition coefficient (Wildman–Crippen LogP) is 2.40. The topological polar surface area (TPSA) is 105 Å². The highest BCUT2D eigenvalue weighted by molar-refractivity contribution is 7.21. The average Bonchev–Trinajstić information content (AvgIpc) is 2.85. The van der Waals surface area contributed by atoms with Crippen molar-refractivity contribution in [1.29, 1.82) is 5.26 Å². The average molecular weight is 295 g/mol. The molecule has 0 fully saturated rings. The van der Waals surface area contributed by atoms with Gasteiger partial charge in [-0.15, -0.1) is 11.3 Å². The van der Waals surface area contributed by atoms with Crippen molar-refractivity contribution < 1.29 is 4.79 Å². The first-order chi connectivity index (χ1) is 10.2. The van der Waals surface area contributed by atoms with E-state index < -0.39 is 0 Å². The van der Waals surface area contributed by atoms with Crippen LogP contribution in [-0.2, 0) is 0 Å². The highest BCUT2D eigenvalue weighted by Crippen LogP contribution is 2.30. The number of thiophene rings is 1. The second-order valence-corrected chi connectivity index (χ2v) is 5.20. The Morgan fingerprint density at radius 1 is 1.33 bits per heavy atom. The molecule has 0 bridgehead atoms. The van der Waals surface area contributed by atoms with Gasteiger partial charge in [-0.05, 0) is 18.2 Å². The smallest absolute Gasteiger partial charge is 0.268 e. The molecule has 0 unspecified atom stereocenters. The summed E-state index contributed by atoms with van der Waals surface area (Å²) in [6.45, 7) is 0. The van der Waals surface area contributed by atoms with Crippen molar-refractivity contribution in [2.24, 2.45) is 0 Å². The lowest BCUT2D eigenvalue weighted by molar-refractivity contribution is 0.103. The highest BCUT2D eigenvalue weighted by atomic mass is 32.1. The van der Waals surface area contributed by atoms with Crippen LogP contribution in [-0.4, -0.2) is 15.9 Å². The summed E-state index contributed by atoms with van der Waals surface area (Å²) in [5.74, 6) is -0.340. The number of hydrogen-bond donors (Lipinski definition) is 2. The van der Waals surface area contributed by atoms with Gasteiger partial charge in [0.1, 0.15) is 15.2 Å². The molecule has 102 valence electrons. The Kier molecular flexibility index (Phi) is 3.22. The fourth-order valence-corrected chi connectivity index (χ4v) is 2.78. The van der Waals surface area contributed by atoms with Crippen LogP contribution < -0.4 is 11.1 Å². The molecule has 3 rings (SSSR count). The number of benzene rings is 1. The van der Waals surface area contributed by atoms with Crippen LogP contribution in [0.15, 0.2) is 36.7 Å². The molecular formula is C14H9N5OS. The molecule has 2 heterocycles. The molecule has 0 saturated heterocycles. The maximum absolute atomic E-state index is 12.3. The molecular weight excluding hydrogens is 286 g/mol. The number of nitrogens with one attached hydrogen (secondary N) is 1. The van der Waals surface area contributed by atoms with Gasteiger partial charge in [0.05, 0.1) is 17.3 Å². The number of nitrogens with two attached hydrogens (primary N) is 1. The molecule has 21 heavy (non-hydrogen) atoms. The first-order valence-corrected chi connectivity index (χ1v) is 6.81. The quantitative estimate of drug-likeness (QED) is 0.755. The molecule has 0 aliphatic rings. The molecule has 0 aliphatic heterocycles. The van der Waals surface area contributed by atoms with Crippen LogP contribution >= 0.6 is 11.3 Å². The number of rotatable bonds is 2. The minimum absolute atomic E-state index is 0.317. The predicted molar refractivity (Wildman–Crippen MR) is 80.9 cm³/mol. The summed E-state index contributed by atoms with van der Waals surface area (Å²) in [6.07, 6.45) is 3.08. The lowest BCUT2D eigenvalue weighted by Crippen LogP contribution is -2.12.